The number of carboxylic acid groups (broad SMARTS) is 1. The van der Waals surface area contributed by atoms with Gasteiger partial charge in [-0.2, -0.15) is 5.10 Å². The Morgan fingerprint density at radius 1 is 1.14 bits per heavy atom. The van der Waals surface area contributed by atoms with Gasteiger partial charge in [-0.15, -0.1) is 0 Å². The fourth-order valence-electron chi connectivity index (χ4n) is 4.94. The maximum absolute atomic E-state index is 16.2. The molecule has 5 aromatic rings. The average Bonchev–Trinajstić information content (AvgIpc) is 3.51. The van der Waals surface area contributed by atoms with Gasteiger partial charge < -0.3 is 19.1 Å². The number of hydrogen-bond acceptors (Lipinski definition) is 4. The summed E-state index contributed by atoms with van der Waals surface area (Å²) >= 11 is 0. The summed E-state index contributed by atoms with van der Waals surface area (Å²) < 4.78 is 43.3. The molecule has 2 heterocycles. The molecule has 0 saturated carbocycles. The predicted molar refractivity (Wildman–Crippen MR) is 137 cm³/mol. The number of benzene rings is 3. The Morgan fingerprint density at radius 2 is 1.89 bits per heavy atom. The van der Waals surface area contributed by atoms with Crippen LogP contribution in [0.4, 0.5) is 8.78 Å². The zero-order valence-electron chi connectivity index (χ0n) is 20.5. The Hall–Kier alpha value is -4.24. The van der Waals surface area contributed by atoms with Crippen LogP contribution in [-0.4, -0.2) is 46.7 Å². The molecule has 5 rings (SSSR count). The van der Waals surface area contributed by atoms with E-state index < -0.39 is 17.6 Å². The summed E-state index contributed by atoms with van der Waals surface area (Å²) in [5, 5.41) is 17.1. The number of hydrogen-bond donors (Lipinski definition) is 2. The monoisotopic (exact) mass is 505 g/mol. The van der Waals surface area contributed by atoms with Crippen LogP contribution in [-0.2, 0) is 4.74 Å². The van der Waals surface area contributed by atoms with Gasteiger partial charge in [0.05, 0.1) is 31.0 Å². The molecule has 2 aromatic heterocycles. The van der Waals surface area contributed by atoms with Gasteiger partial charge in [0, 0.05) is 46.8 Å². The molecule has 0 amide bonds. The fourth-order valence-corrected chi connectivity index (χ4v) is 4.94. The molecule has 3 aromatic carbocycles. The van der Waals surface area contributed by atoms with Crippen molar-refractivity contribution in [2.45, 2.75) is 19.3 Å². The lowest BCUT2D eigenvalue weighted by molar-refractivity contribution is 0.0697. The quantitative estimate of drug-likeness (QED) is 0.258. The Kier molecular flexibility index (Phi) is 6.39. The molecule has 9 heteroatoms. The molecule has 0 aliphatic heterocycles. The third-order valence-corrected chi connectivity index (χ3v) is 6.70. The largest absolute Gasteiger partial charge is 0.494 e. The minimum atomic E-state index is -1.05. The smallest absolute Gasteiger partial charge is 0.335 e. The van der Waals surface area contributed by atoms with Crippen molar-refractivity contribution in [1.82, 2.24) is 14.8 Å². The van der Waals surface area contributed by atoms with Crippen molar-refractivity contribution in [1.29, 1.82) is 0 Å². The molecule has 37 heavy (non-hydrogen) atoms. The van der Waals surface area contributed by atoms with Crippen LogP contribution in [0, 0.1) is 11.6 Å². The first-order valence-corrected chi connectivity index (χ1v) is 11.8. The van der Waals surface area contributed by atoms with Crippen molar-refractivity contribution in [2.24, 2.45) is 0 Å². The lowest BCUT2D eigenvalue weighted by atomic mass is 9.92. The van der Waals surface area contributed by atoms with E-state index in [4.69, 9.17) is 9.47 Å². The third-order valence-electron chi connectivity index (χ3n) is 6.70. The highest BCUT2D eigenvalue weighted by atomic mass is 19.1. The van der Waals surface area contributed by atoms with Gasteiger partial charge in [0.1, 0.15) is 5.52 Å². The molecular weight excluding hydrogens is 480 g/mol. The Labute approximate surface area is 211 Å². The summed E-state index contributed by atoms with van der Waals surface area (Å²) in [5.74, 6) is -2.16. The summed E-state index contributed by atoms with van der Waals surface area (Å²) in [6.45, 7) is 2.37. The minimum absolute atomic E-state index is 0.0577. The van der Waals surface area contributed by atoms with E-state index in [0.29, 0.717) is 46.1 Å². The molecule has 0 saturated heterocycles. The van der Waals surface area contributed by atoms with E-state index in [2.05, 4.69) is 10.2 Å². The second-order valence-corrected chi connectivity index (χ2v) is 8.78. The Bertz CT molecular complexity index is 1620. The van der Waals surface area contributed by atoms with E-state index >= 15 is 4.39 Å². The van der Waals surface area contributed by atoms with Crippen LogP contribution in [0.5, 0.6) is 5.75 Å². The number of carbonyl (C=O) groups is 1. The van der Waals surface area contributed by atoms with Crippen molar-refractivity contribution >= 4 is 27.8 Å². The molecule has 0 spiro atoms. The number of nitrogens with zero attached hydrogens (tertiary/aromatic N) is 2. The molecule has 2 N–H and O–H groups in total. The number of rotatable bonds is 8. The molecule has 0 aliphatic rings. The van der Waals surface area contributed by atoms with E-state index in [1.54, 1.807) is 37.6 Å². The highest BCUT2D eigenvalue weighted by Crippen LogP contribution is 2.44. The molecular formula is C28H25F2N3O4. The second kappa shape index (κ2) is 9.67. The summed E-state index contributed by atoms with van der Waals surface area (Å²) in [5.41, 5.74) is 3.54. The van der Waals surface area contributed by atoms with Crippen LogP contribution in [0.15, 0.2) is 54.7 Å². The SMILES string of the molecule is CC[C@@H](COC)c1c(-c2ccc(C(=O)O)cc2)c2c(F)c3[nH]ncc3cc2n1-c1ccc(F)c(OC)c1. The van der Waals surface area contributed by atoms with Crippen LogP contribution < -0.4 is 4.74 Å². The zero-order valence-corrected chi connectivity index (χ0v) is 20.5. The van der Waals surface area contributed by atoms with Gasteiger partial charge in [-0.05, 0) is 42.3 Å². The van der Waals surface area contributed by atoms with E-state index in [-0.39, 0.29) is 22.7 Å². The minimum Gasteiger partial charge on any atom is -0.494 e. The first-order valence-electron chi connectivity index (χ1n) is 11.8. The van der Waals surface area contributed by atoms with Crippen LogP contribution in [0.25, 0.3) is 38.6 Å². The van der Waals surface area contributed by atoms with Gasteiger partial charge in [-0.1, -0.05) is 19.1 Å². The number of aromatic nitrogens is 3. The predicted octanol–water partition coefficient (Wildman–Crippen LogP) is 6.30. The maximum Gasteiger partial charge on any atom is 0.335 e. The van der Waals surface area contributed by atoms with Gasteiger partial charge in [0.2, 0.25) is 0 Å². The van der Waals surface area contributed by atoms with E-state index in [1.807, 2.05) is 17.6 Å². The van der Waals surface area contributed by atoms with Crippen LogP contribution in [0.3, 0.4) is 0 Å². The van der Waals surface area contributed by atoms with Crippen LogP contribution in [0.1, 0.15) is 35.3 Å². The standard InChI is InChI=1S/C28H25F2N3O4/c1-4-15(14-36-2)27-23(16-5-7-17(8-6-16)28(34)35)24-21(11-18-13-31-32-26(18)25(24)30)33(27)19-9-10-20(29)22(12-19)37-3/h5-13,15H,4,14H2,1-3H3,(H,31,32)(H,34,35)/t15-/m0/s1. The lowest BCUT2D eigenvalue weighted by Crippen LogP contribution is -2.12. The molecule has 0 aliphatic carbocycles. The first kappa shape index (κ1) is 24.5. The number of ether oxygens (including phenoxy) is 2. The first-order chi connectivity index (χ1) is 17.9. The second-order valence-electron chi connectivity index (χ2n) is 8.78. The number of aromatic amines is 1. The Balaban J connectivity index is 1.96. The van der Waals surface area contributed by atoms with Crippen molar-refractivity contribution in [3.63, 3.8) is 0 Å². The van der Waals surface area contributed by atoms with Crippen molar-refractivity contribution in [3.8, 4) is 22.6 Å². The normalized spacial score (nSPS) is 12.4. The zero-order chi connectivity index (χ0) is 26.3. The molecule has 1 atom stereocenters. The number of carboxylic acids is 1. The van der Waals surface area contributed by atoms with Crippen molar-refractivity contribution in [2.75, 3.05) is 20.8 Å². The number of halogens is 2. The molecule has 0 radical (unpaired) electrons. The highest BCUT2D eigenvalue weighted by Gasteiger charge is 2.29. The Morgan fingerprint density at radius 3 is 2.54 bits per heavy atom. The van der Waals surface area contributed by atoms with Crippen LogP contribution in [0.2, 0.25) is 0 Å². The van der Waals surface area contributed by atoms with Crippen LogP contribution >= 0.6 is 0 Å². The maximum atomic E-state index is 16.2. The molecule has 7 nitrogen and oxygen atoms in total. The number of methoxy groups -OCH3 is 2. The summed E-state index contributed by atoms with van der Waals surface area (Å²) in [6, 6.07) is 12.7. The number of aromatic carboxylic acids is 1. The number of H-pyrrole nitrogens is 1. The van der Waals surface area contributed by atoms with E-state index in [9.17, 15) is 14.3 Å². The third kappa shape index (κ3) is 4.01. The molecule has 0 fully saturated rings. The topological polar surface area (TPSA) is 89.4 Å². The highest BCUT2D eigenvalue weighted by molar-refractivity contribution is 6.06. The summed E-state index contributed by atoms with van der Waals surface area (Å²) in [6.07, 6.45) is 2.22. The van der Waals surface area contributed by atoms with Crippen molar-refractivity contribution < 1.29 is 28.2 Å². The average molecular weight is 506 g/mol. The van der Waals surface area contributed by atoms with Gasteiger partial charge >= 0.3 is 5.97 Å². The van der Waals surface area contributed by atoms with E-state index in [0.717, 1.165) is 5.69 Å². The number of nitrogens with one attached hydrogen (secondary N) is 1. The summed E-state index contributed by atoms with van der Waals surface area (Å²) in [4.78, 5) is 11.5. The van der Waals surface area contributed by atoms with Gasteiger partial charge in [-0.3, -0.25) is 5.10 Å². The van der Waals surface area contributed by atoms with Gasteiger partial charge in [-0.25, -0.2) is 13.6 Å². The van der Waals surface area contributed by atoms with Gasteiger partial charge in [0.15, 0.2) is 17.4 Å². The van der Waals surface area contributed by atoms with Gasteiger partial charge in [0.25, 0.3) is 0 Å². The number of fused-ring (bicyclic) bond motifs is 2. The van der Waals surface area contributed by atoms with Crippen molar-refractivity contribution in [3.05, 3.63) is 77.6 Å². The molecule has 0 bridgehead atoms. The molecule has 190 valence electrons. The van der Waals surface area contributed by atoms with E-state index in [1.165, 1.54) is 25.3 Å². The molecule has 0 unspecified atom stereocenters. The lowest BCUT2D eigenvalue weighted by Gasteiger charge is -2.21. The summed E-state index contributed by atoms with van der Waals surface area (Å²) in [7, 11) is 2.99. The fraction of sp³-hybridized carbons (Fsp3) is 0.214.